The van der Waals surface area contributed by atoms with Crippen LogP contribution in [0.5, 0.6) is 0 Å². The highest BCUT2D eigenvalue weighted by molar-refractivity contribution is 5.71. The predicted octanol–water partition coefficient (Wildman–Crippen LogP) is 22.7. The van der Waals surface area contributed by atoms with Crippen LogP contribution in [0.1, 0.15) is 265 Å². The van der Waals surface area contributed by atoms with E-state index in [1.165, 1.54) is 25.7 Å². The third-order valence-electron chi connectivity index (χ3n) is 13.2. The Hall–Kier alpha value is -5.23. The summed E-state index contributed by atoms with van der Waals surface area (Å²) in [5.41, 5.74) is 0. The first-order valence-electron chi connectivity index (χ1n) is 32.6. The molecule has 0 amide bonds. The van der Waals surface area contributed by atoms with E-state index in [-0.39, 0.29) is 31.1 Å². The molecule has 6 nitrogen and oxygen atoms in total. The van der Waals surface area contributed by atoms with Crippen molar-refractivity contribution in [1.82, 2.24) is 0 Å². The van der Waals surface area contributed by atoms with Crippen molar-refractivity contribution in [2.75, 3.05) is 13.2 Å². The van der Waals surface area contributed by atoms with Crippen LogP contribution >= 0.6 is 0 Å². The normalized spacial score (nSPS) is 13.3. The summed E-state index contributed by atoms with van der Waals surface area (Å²) in [7, 11) is 0. The zero-order valence-corrected chi connectivity index (χ0v) is 52.0. The summed E-state index contributed by atoms with van der Waals surface area (Å²) in [6, 6.07) is 0. The van der Waals surface area contributed by atoms with E-state index in [1.54, 1.807) is 0 Å². The third-order valence-corrected chi connectivity index (χ3v) is 13.2. The second-order valence-electron chi connectivity index (χ2n) is 20.9. The summed E-state index contributed by atoms with van der Waals surface area (Å²) in [6.07, 6.45) is 99.2. The van der Waals surface area contributed by atoms with Crippen molar-refractivity contribution in [3.05, 3.63) is 170 Å². The molecule has 0 saturated carbocycles. The van der Waals surface area contributed by atoms with Crippen molar-refractivity contribution in [2.45, 2.75) is 271 Å². The van der Waals surface area contributed by atoms with Gasteiger partial charge in [0.2, 0.25) is 0 Å². The average molecular weight is 1120 g/mol. The number of allylic oxidation sites excluding steroid dienone is 28. The largest absolute Gasteiger partial charge is 0.462 e. The number of esters is 3. The fraction of sp³-hybridized carbons (Fsp3) is 0.587. The van der Waals surface area contributed by atoms with Crippen molar-refractivity contribution >= 4 is 17.9 Å². The standard InChI is InChI=1S/C75H118O6/c1-4-7-10-13-16-19-22-25-27-29-31-33-35-36-37-38-40-41-43-45-47-50-53-56-59-62-65-68-74(77)80-71-72(70-79-73(76)67-64-61-58-55-52-49-24-21-18-15-12-9-6-3)81-75(78)69-66-63-60-57-54-51-48-46-44-42-39-34-32-30-28-26-23-20-17-14-11-8-5-2/h7-8,10-12,15-17,19-21,24-28,31-34,36-37,40-42,44-45,47,72H,4-6,9,13-14,18,22-23,29-30,35,38-39,43,46,48-71H2,1-3H3/b10-7-,11-8-,15-12-,19-16-,20-17-,24-21-,27-25-,28-26-,33-31-,34-32-,37-36-,41-40-,44-42-,47-45-. The zero-order chi connectivity index (χ0) is 58.5. The molecule has 0 N–H and O–H groups in total. The van der Waals surface area contributed by atoms with Gasteiger partial charge < -0.3 is 14.2 Å². The van der Waals surface area contributed by atoms with Gasteiger partial charge in [-0.15, -0.1) is 0 Å². The Kier molecular flexibility index (Phi) is 62.9. The maximum Gasteiger partial charge on any atom is 0.306 e. The van der Waals surface area contributed by atoms with Crippen LogP contribution in [0.3, 0.4) is 0 Å². The highest BCUT2D eigenvalue weighted by Gasteiger charge is 2.19. The summed E-state index contributed by atoms with van der Waals surface area (Å²) in [5.74, 6) is -0.952. The molecule has 1 atom stereocenters. The second-order valence-corrected chi connectivity index (χ2v) is 20.9. The van der Waals surface area contributed by atoms with Crippen molar-refractivity contribution in [3.63, 3.8) is 0 Å². The van der Waals surface area contributed by atoms with E-state index in [0.717, 1.165) is 199 Å². The number of ether oxygens (including phenoxy) is 3. The predicted molar refractivity (Wildman–Crippen MR) is 352 cm³/mol. The number of unbranched alkanes of at least 4 members (excludes halogenated alkanes) is 18. The number of carbonyl (C=O) groups excluding carboxylic acids is 3. The van der Waals surface area contributed by atoms with Crippen LogP contribution < -0.4 is 0 Å². The molecule has 81 heavy (non-hydrogen) atoms. The molecule has 454 valence electrons. The first-order valence-corrected chi connectivity index (χ1v) is 32.6. The highest BCUT2D eigenvalue weighted by atomic mass is 16.6. The van der Waals surface area contributed by atoms with Gasteiger partial charge in [0, 0.05) is 19.3 Å². The number of hydrogen-bond acceptors (Lipinski definition) is 6. The van der Waals surface area contributed by atoms with Crippen molar-refractivity contribution < 1.29 is 28.6 Å². The third kappa shape index (κ3) is 65.5. The lowest BCUT2D eigenvalue weighted by molar-refractivity contribution is -0.167. The quantitative estimate of drug-likeness (QED) is 0.0261. The molecule has 0 aromatic rings. The van der Waals surface area contributed by atoms with Gasteiger partial charge in [0.25, 0.3) is 0 Å². The van der Waals surface area contributed by atoms with Crippen LogP contribution in [0.15, 0.2) is 170 Å². The van der Waals surface area contributed by atoms with Crippen molar-refractivity contribution in [1.29, 1.82) is 0 Å². The van der Waals surface area contributed by atoms with Gasteiger partial charge in [-0.1, -0.05) is 268 Å². The average Bonchev–Trinajstić information content (AvgIpc) is 3.46. The fourth-order valence-electron chi connectivity index (χ4n) is 8.37. The monoisotopic (exact) mass is 1110 g/mol. The number of hydrogen-bond donors (Lipinski definition) is 0. The molecular formula is C75H118O6. The molecule has 0 spiro atoms. The van der Waals surface area contributed by atoms with Gasteiger partial charge in [0.1, 0.15) is 13.2 Å². The van der Waals surface area contributed by atoms with Gasteiger partial charge >= 0.3 is 17.9 Å². The summed E-state index contributed by atoms with van der Waals surface area (Å²) < 4.78 is 16.9. The molecule has 0 saturated heterocycles. The molecule has 0 aromatic carbocycles. The Morgan fingerprint density at radius 2 is 0.481 bits per heavy atom. The van der Waals surface area contributed by atoms with E-state index in [0.29, 0.717) is 19.3 Å². The molecule has 0 aliphatic rings. The zero-order valence-electron chi connectivity index (χ0n) is 52.0. The molecule has 0 bridgehead atoms. The Balaban J connectivity index is 4.44. The van der Waals surface area contributed by atoms with E-state index in [2.05, 4.69) is 191 Å². The molecule has 0 fully saturated rings. The van der Waals surface area contributed by atoms with E-state index in [4.69, 9.17) is 14.2 Å². The summed E-state index contributed by atoms with van der Waals surface area (Å²) in [6.45, 7) is 6.31. The Bertz CT molecular complexity index is 1860. The van der Waals surface area contributed by atoms with Crippen molar-refractivity contribution in [3.8, 4) is 0 Å². The molecule has 6 heteroatoms. The minimum Gasteiger partial charge on any atom is -0.462 e. The van der Waals surface area contributed by atoms with Crippen LogP contribution in [-0.4, -0.2) is 37.2 Å². The van der Waals surface area contributed by atoms with Crippen LogP contribution in [0, 0.1) is 0 Å². The summed E-state index contributed by atoms with van der Waals surface area (Å²) >= 11 is 0. The molecule has 1 unspecified atom stereocenters. The van der Waals surface area contributed by atoms with Gasteiger partial charge in [-0.2, -0.15) is 0 Å². The smallest absolute Gasteiger partial charge is 0.306 e. The molecular weight excluding hydrogens is 997 g/mol. The maximum absolute atomic E-state index is 12.9. The van der Waals surface area contributed by atoms with Crippen LogP contribution in [0.25, 0.3) is 0 Å². The van der Waals surface area contributed by atoms with E-state index in [9.17, 15) is 14.4 Å². The van der Waals surface area contributed by atoms with Gasteiger partial charge in [-0.05, 0) is 148 Å². The lowest BCUT2D eigenvalue weighted by Gasteiger charge is -2.18. The van der Waals surface area contributed by atoms with Gasteiger partial charge in [0.15, 0.2) is 6.10 Å². The Morgan fingerprint density at radius 1 is 0.259 bits per heavy atom. The number of rotatable bonds is 57. The topological polar surface area (TPSA) is 78.9 Å². The Morgan fingerprint density at radius 3 is 0.753 bits per heavy atom. The molecule has 0 aliphatic heterocycles. The van der Waals surface area contributed by atoms with Gasteiger partial charge in [0.05, 0.1) is 0 Å². The molecule has 0 rings (SSSR count). The first kappa shape index (κ1) is 75.8. The minimum atomic E-state index is -0.809. The first-order chi connectivity index (χ1) is 40.0. The highest BCUT2D eigenvalue weighted by Crippen LogP contribution is 2.14. The molecule has 0 aliphatic carbocycles. The van der Waals surface area contributed by atoms with Crippen LogP contribution in [-0.2, 0) is 28.6 Å². The minimum absolute atomic E-state index is 0.104. The fourth-order valence-corrected chi connectivity index (χ4v) is 8.37. The summed E-state index contributed by atoms with van der Waals surface area (Å²) in [4.78, 5) is 38.4. The van der Waals surface area contributed by atoms with E-state index < -0.39 is 6.10 Å². The van der Waals surface area contributed by atoms with Gasteiger partial charge in [-0.25, -0.2) is 0 Å². The maximum atomic E-state index is 12.9. The van der Waals surface area contributed by atoms with Gasteiger partial charge in [-0.3, -0.25) is 14.4 Å². The molecule has 0 aromatic heterocycles. The summed E-state index contributed by atoms with van der Waals surface area (Å²) in [5, 5.41) is 0. The van der Waals surface area contributed by atoms with Crippen molar-refractivity contribution in [2.24, 2.45) is 0 Å². The molecule has 0 heterocycles. The lowest BCUT2D eigenvalue weighted by atomic mass is 10.1. The SMILES string of the molecule is CC/C=C\C/C=C\C/C=C\C/C=C\C/C=C\C/C=C\C/C=C\CCCCCCCC(=O)OCC(COC(=O)CCCCCCC/C=C\C/C=C\CCC)OC(=O)CCCCCCCCC/C=C\C/C=C\C/C=C\C/C=C\C/C=C\CC. The van der Waals surface area contributed by atoms with Crippen LogP contribution in [0.2, 0.25) is 0 Å². The lowest BCUT2D eigenvalue weighted by Crippen LogP contribution is -2.30. The molecule has 0 radical (unpaired) electrons. The Labute approximate surface area is 498 Å². The second kappa shape index (κ2) is 67.3. The van der Waals surface area contributed by atoms with E-state index in [1.807, 2.05) is 0 Å². The number of carbonyl (C=O) groups is 3. The van der Waals surface area contributed by atoms with E-state index >= 15 is 0 Å². The van der Waals surface area contributed by atoms with Crippen LogP contribution in [0.4, 0.5) is 0 Å².